The lowest BCUT2D eigenvalue weighted by atomic mass is 9.81. The van der Waals surface area contributed by atoms with Crippen LogP contribution in [0.4, 0.5) is 10.1 Å². The monoisotopic (exact) mass is 477 g/mol. The van der Waals surface area contributed by atoms with E-state index in [9.17, 15) is 19.2 Å². The zero-order valence-corrected chi connectivity index (χ0v) is 20.6. The summed E-state index contributed by atoms with van der Waals surface area (Å²) >= 11 is 0. The van der Waals surface area contributed by atoms with Crippen molar-refractivity contribution in [2.24, 2.45) is 11.3 Å². The first-order chi connectivity index (χ1) is 16.7. The number of halogens is 1. The number of nitriles is 1. The van der Waals surface area contributed by atoms with E-state index in [0.717, 1.165) is 12.8 Å². The third-order valence-electron chi connectivity index (χ3n) is 7.87. The number of benzene rings is 1. The maximum Gasteiger partial charge on any atom is 0.257 e. The minimum absolute atomic E-state index is 0.0727. The normalized spacial score (nSPS) is 24.4. The van der Waals surface area contributed by atoms with Gasteiger partial charge in [0.1, 0.15) is 5.82 Å². The summed E-state index contributed by atoms with van der Waals surface area (Å²) in [5.74, 6) is -0.177. The van der Waals surface area contributed by atoms with Gasteiger partial charge in [0.15, 0.2) is 0 Å². The summed E-state index contributed by atoms with van der Waals surface area (Å²) in [6, 6.07) is 6.73. The summed E-state index contributed by atoms with van der Waals surface area (Å²) in [5.41, 5.74) is 1.37. The first-order valence-corrected chi connectivity index (χ1v) is 12.6. The molecular formula is C27H32FN5O2. The fraction of sp³-hybridized carbons (Fsp3) is 0.556. The molecule has 0 spiro atoms. The number of carbonyl (C=O) groups excluding carboxylic acids is 2. The molecular weight excluding hydrogens is 445 g/mol. The Morgan fingerprint density at radius 2 is 1.80 bits per heavy atom. The number of piperidine rings is 1. The fourth-order valence-electron chi connectivity index (χ4n) is 5.62. The molecule has 3 fully saturated rings. The lowest BCUT2D eigenvalue weighted by molar-refractivity contribution is -0.139. The average Bonchev–Trinajstić information content (AvgIpc) is 3.68. The third-order valence-corrected chi connectivity index (χ3v) is 7.87. The van der Waals surface area contributed by atoms with Crippen molar-refractivity contribution in [2.45, 2.75) is 58.5 Å². The quantitative estimate of drug-likeness (QED) is 0.668. The summed E-state index contributed by atoms with van der Waals surface area (Å²) < 4.78 is 14.3. The Kier molecular flexibility index (Phi) is 5.90. The molecule has 1 aromatic heterocycles. The Bertz CT molecular complexity index is 1200. The number of nitrogens with zero attached hydrogens (tertiary/aromatic N) is 5. The Morgan fingerprint density at radius 3 is 2.40 bits per heavy atom. The topological polar surface area (TPSA) is 80.5 Å². The van der Waals surface area contributed by atoms with Gasteiger partial charge in [0.25, 0.3) is 5.91 Å². The molecule has 0 bridgehead atoms. The van der Waals surface area contributed by atoms with E-state index < -0.39 is 5.41 Å². The van der Waals surface area contributed by atoms with E-state index in [-0.39, 0.29) is 35.6 Å². The smallest absolute Gasteiger partial charge is 0.257 e. The molecule has 184 valence electrons. The molecule has 1 saturated carbocycles. The van der Waals surface area contributed by atoms with E-state index in [1.54, 1.807) is 17.2 Å². The number of hydrogen-bond acceptors (Lipinski definition) is 5. The predicted molar refractivity (Wildman–Crippen MR) is 131 cm³/mol. The standard InChI is InChI=1S/C27H32FN5O2/c1-17-14-32(15-18(2)33(17)25(34)19-4-5-19)26(35)22-13-30-23-7-6-20(28)12-21(23)24(22)31-10-8-27(3,16-29)9-11-31/h6-7,12-13,17-19H,4-5,8-11,14-15H2,1-3H3. The molecule has 2 unspecified atom stereocenters. The fourth-order valence-corrected chi connectivity index (χ4v) is 5.62. The van der Waals surface area contributed by atoms with Crippen LogP contribution in [-0.4, -0.2) is 64.9 Å². The summed E-state index contributed by atoms with van der Waals surface area (Å²) in [7, 11) is 0. The van der Waals surface area contributed by atoms with Gasteiger partial charge in [-0.3, -0.25) is 14.6 Å². The molecule has 2 aromatic rings. The second-order valence-electron chi connectivity index (χ2n) is 10.8. The molecule has 3 heterocycles. The van der Waals surface area contributed by atoms with Crippen LogP contribution in [0.25, 0.3) is 10.9 Å². The molecule has 5 rings (SSSR count). The van der Waals surface area contributed by atoms with Gasteiger partial charge in [-0.25, -0.2) is 4.39 Å². The SMILES string of the molecule is CC1CN(C(=O)c2cnc3ccc(F)cc3c2N2CCC(C)(C#N)CC2)CC(C)N1C(=O)C1CC1. The Hall–Kier alpha value is -3.21. The Morgan fingerprint density at radius 1 is 1.14 bits per heavy atom. The van der Waals surface area contributed by atoms with E-state index in [4.69, 9.17) is 0 Å². The van der Waals surface area contributed by atoms with Gasteiger partial charge in [0.2, 0.25) is 5.91 Å². The zero-order chi connectivity index (χ0) is 24.9. The molecule has 0 N–H and O–H groups in total. The highest BCUT2D eigenvalue weighted by Crippen LogP contribution is 2.38. The molecule has 3 aliphatic rings. The highest BCUT2D eigenvalue weighted by Gasteiger charge is 2.42. The van der Waals surface area contributed by atoms with Crippen LogP contribution in [-0.2, 0) is 4.79 Å². The van der Waals surface area contributed by atoms with E-state index in [0.29, 0.717) is 61.2 Å². The molecule has 0 radical (unpaired) electrons. The molecule has 2 aliphatic heterocycles. The van der Waals surface area contributed by atoms with Gasteiger partial charge < -0.3 is 14.7 Å². The van der Waals surface area contributed by atoms with Crippen LogP contribution in [0, 0.1) is 28.5 Å². The summed E-state index contributed by atoms with van der Waals surface area (Å²) in [6.45, 7) is 8.08. The molecule has 1 aliphatic carbocycles. The van der Waals surface area contributed by atoms with Crippen LogP contribution >= 0.6 is 0 Å². The maximum absolute atomic E-state index is 14.3. The minimum atomic E-state index is -0.399. The predicted octanol–water partition coefficient (Wildman–Crippen LogP) is 3.98. The Labute approximate surface area is 205 Å². The van der Waals surface area contributed by atoms with Gasteiger partial charge in [0.05, 0.1) is 28.3 Å². The van der Waals surface area contributed by atoms with E-state index >= 15 is 0 Å². The first kappa shape index (κ1) is 23.5. The average molecular weight is 478 g/mol. The van der Waals surface area contributed by atoms with Crippen molar-refractivity contribution in [2.75, 3.05) is 31.1 Å². The first-order valence-electron chi connectivity index (χ1n) is 12.6. The van der Waals surface area contributed by atoms with Crippen molar-refractivity contribution in [3.63, 3.8) is 0 Å². The third kappa shape index (κ3) is 4.33. The summed E-state index contributed by atoms with van der Waals surface area (Å²) in [6.07, 6.45) is 4.87. The largest absolute Gasteiger partial charge is 0.370 e. The second-order valence-corrected chi connectivity index (χ2v) is 10.8. The van der Waals surface area contributed by atoms with Crippen LogP contribution in [0.2, 0.25) is 0 Å². The molecule has 35 heavy (non-hydrogen) atoms. The number of rotatable bonds is 3. The van der Waals surface area contributed by atoms with Crippen LogP contribution in [0.1, 0.15) is 56.8 Å². The number of carbonyl (C=O) groups is 2. The van der Waals surface area contributed by atoms with Crippen molar-refractivity contribution in [3.8, 4) is 6.07 Å². The van der Waals surface area contributed by atoms with Crippen molar-refractivity contribution in [3.05, 3.63) is 35.8 Å². The zero-order valence-electron chi connectivity index (χ0n) is 20.6. The molecule has 7 nitrogen and oxygen atoms in total. The number of piperazine rings is 1. The molecule has 2 atom stereocenters. The summed E-state index contributed by atoms with van der Waals surface area (Å²) in [4.78, 5) is 37.0. The van der Waals surface area contributed by atoms with Crippen molar-refractivity contribution >= 4 is 28.4 Å². The van der Waals surface area contributed by atoms with Gasteiger partial charge in [-0.1, -0.05) is 0 Å². The number of hydrogen-bond donors (Lipinski definition) is 0. The van der Waals surface area contributed by atoms with E-state index in [1.165, 1.54) is 12.1 Å². The van der Waals surface area contributed by atoms with Crippen LogP contribution in [0.3, 0.4) is 0 Å². The summed E-state index contributed by atoms with van der Waals surface area (Å²) in [5, 5.41) is 10.2. The van der Waals surface area contributed by atoms with Crippen LogP contribution < -0.4 is 4.90 Å². The number of pyridine rings is 1. The number of amides is 2. The minimum Gasteiger partial charge on any atom is -0.370 e. The van der Waals surface area contributed by atoms with Gasteiger partial charge in [-0.05, 0) is 64.7 Å². The molecule has 8 heteroatoms. The number of fused-ring (bicyclic) bond motifs is 1. The van der Waals surface area contributed by atoms with E-state index in [2.05, 4.69) is 16.0 Å². The van der Waals surface area contributed by atoms with Gasteiger partial charge in [-0.2, -0.15) is 5.26 Å². The molecule has 1 aromatic carbocycles. The van der Waals surface area contributed by atoms with Gasteiger partial charge in [0, 0.05) is 55.8 Å². The van der Waals surface area contributed by atoms with Crippen LogP contribution in [0.15, 0.2) is 24.4 Å². The van der Waals surface area contributed by atoms with E-state index in [1.807, 2.05) is 25.7 Å². The highest BCUT2D eigenvalue weighted by atomic mass is 19.1. The number of anilines is 1. The van der Waals surface area contributed by atoms with Crippen LogP contribution in [0.5, 0.6) is 0 Å². The molecule has 2 saturated heterocycles. The highest BCUT2D eigenvalue weighted by molar-refractivity contribution is 6.07. The number of aromatic nitrogens is 1. The van der Waals surface area contributed by atoms with Gasteiger partial charge >= 0.3 is 0 Å². The second kappa shape index (κ2) is 8.78. The lowest BCUT2D eigenvalue weighted by Crippen LogP contribution is -2.60. The van der Waals surface area contributed by atoms with Crippen molar-refractivity contribution in [1.29, 1.82) is 5.26 Å². The van der Waals surface area contributed by atoms with Crippen molar-refractivity contribution < 1.29 is 14.0 Å². The Balaban J connectivity index is 1.48. The molecule has 2 amide bonds. The van der Waals surface area contributed by atoms with Gasteiger partial charge in [-0.15, -0.1) is 0 Å². The lowest BCUT2D eigenvalue weighted by Gasteiger charge is -2.45. The maximum atomic E-state index is 14.3. The van der Waals surface area contributed by atoms with Crippen molar-refractivity contribution in [1.82, 2.24) is 14.8 Å².